The normalized spacial score (nSPS) is 23.0. The molecular formula is C20H23NO6. The van der Waals surface area contributed by atoms with Crippen molar-refractivity contribution in [2.75, 3.05) is 13.7 Å². The molecule has 0 unspecified atom stereocenters. The molecule has 0 N–H and O–H groups in total. The molecule has 1 aliphatic heterocycles. The number of amides is 2. The number of hydrogen-bond donors (Lipinski definition) is 0. The van der Waals surface area contributed by atoms with E-state index in [9.17, 15) is 19.2 Å². The largest absolute Gasteiger partial charge is 0.497 e. The first kappa shape index (κ1) is 19.1. The first-order chi connectivity index (χ1) is 12.9. The lowest BCUT2D eigenvalue weighted by Gasteiger charge is -2.19. The topological polar surface area (TPSA) is 90.0 Å². The first-order valence-electron chi connectivity index (χ1n) is 9.15. The fourth-order valence-corrected chi connectivity index (χ4v) is 3.79. The molecule has 2 amide bonds. The molecule has 1 saturated heterocycles. The van der Waals surface area contributed by atoms with Gasteiger partial charge in [-0.15, -0.1) is 0 Å². The predicted octanol–water partition coefficient (Wildman–Crippen LogP) is 1.98. The Morgan fingerprint density at radius 1 is 1.07 bits per heavy atom. The zero-order valence-corrected chi connectivity index (χ0v) is 15.5. The lowest BCUT2D eigenvalue weighted by molar-refractivity contribution is -0.154. The van der Waals surface area contributed by atoms with Crippen LogP contribution in [0, 0.1) is 11.8 Å². The summed E-state index contributed by atoms with van der Waals surface area (Å²) >= 11 is 0. The monoisotopic (exact) mass is 373 g/mol. The molecule has 1 heterocycles. The van der Waals surface area contributed by atoms with Gasteiger partial charge in [-0.1, -0.05) is 12.8 Å². The van der Waals surface area contributed by atoms with Crippen LogP contribution in [0.1, 0.15) is 43.0 Å². The van der Waals surface area contributed by atoms with Crippen LogP contribution in [-0.4, -0.2) is 48.2 Å². The van der Waals surface area contributed by atoms with E-state index in [4.69, 9.17) is 9.47 Å². The minimum absolute atomic E-state index is 0.296. The van der Waals surface area contributed by atoms with Crippen molar-refractivity contribution >= 4 is 23.6 Å². The van der Waals surface area contributed by atoms with Crippen molar-refractivity contribution in [3.63, 3.8) is 0 Å². The standard InChI is InChI=1S/C20H23NO6/c1-12(18(23)13-7-9-14(26-2)10-8-13)27-17(22)11-21-19(24)15-5-3-4-6-16(15)20(21)25/h7-10,12,15-16H,3-6,11H2,1-2H3/t12-,15-,16+/m0/s1. The van der Waals surface area contributed by atoms with Crippen LogP contribution in [0.2, 0.25) is 0 Å². The molecule has 3 rings (SSSR count). The number of imide groups is 1. The van der Waals surface area contributed by atoms with E-state index in [1.54, 1.807) is 24.3 Å². The summed E-state index contributed by atoms with van der Waals surface area (Å²) in [6.07, 6.45) is 2.21. The molecule has 144 valence electrons. The zero-order chi connectivity index (χ0) is 19.6. The summed E-state index contributed by atoms with van der Waals surface area (Å²) in [5.74, 6) is -1.71. The number of ether oxygens (including phenoxy) is 2. The molecule has 1 saturated carbocycles. The van der Waals surface area contributed by atoms with Gasteiger partial charge in [-0.3, -0.25) is 24.1 Å². The Morgan fingerprint density at radius 3 is 2.15 bits per heavy atom. The maximum Gasteiger partial charge on any atom is 0.326 e. The third-order valence-electron chi connectivity index (χ3n) is 5.27. The highest BCUT2D eigenvalue weighted by molar-refractivity contribution is 6.07. The first-order valence-corrected chi connectivity index (χ1v) is 9.15. The van der Waals surface area contributed by atoms with Crippen molar-refractivity contribution in [3.05, 3.63) is 29.8 Å². The fourth-order valence-electron chi connectivity index (χ4n) is 3.79. The van der Waals surface area contributed by atoms with Crippen molar-refractivity contribution in [3.8, 4) is 5.75 Å². The molecule has 3 atom stereocenters. The molecule has 0 bridgehead atoms. The Labute approximate surface area is 157 Å². The summed E-state index contributed by atoms with van der Waals surface area (Å²) in [6.45, 7) is 1.03. The Morgan fingerprint density at radius 2 is 1.63 bits per heavy atom. The number of hydrogen-bond acceptors (Lipinski definition) is 6. The molecule has 7 heteroatoms. The van der Waals surface area contributed by atoms with E-state index in [2.05, 4.69) is 0 Å². The maximum absolute atomic E-state index is 12.4. The van der Waals surface area contributed by atoms with Crippen LogP contribution in [0.25, 0.3) is 0 Å². The second kappa shape index (κ2) is 7.90. The van der Waals surface area contributed by atoms with Crippen LogP contribution < -0.4 is 4.74 Å². The molecule has 0 aromatic heterocycles. The molecule has 2 aliphatic rings. The summed E-state index contributed by atoms with van der Waals surface area (Å²) in [4.78, 5) is 50.4. The third kappa shape index (κ3) is 3.86. The van der Waals surface area contributed by atoms with Crippen LogP contribution in [0.3, 0.4) is 0 Å². The smallest absolute Gasteiger partial charge is 0.326 e. The summed E-state index contributed by atoms with van der Waals surface area (Å²) in [5.41, 5.74) is 0.385. The van der Waals surface area contributed by atoms with Gasteiger partial charge in [0.05, 0.1) is 18.9 Å². The fraction of sp³-hybridized carbons (Fsp3) is 0.500. The molecule has 1 aliphatic carbocycles. The van der Waals surface area contributed by atoms with E-state index in [1.807, 2.05) is 0 Å². The molecule has 27 heavy (non-hydrogen) atoms. The lowest BCUT2D eigenvalue weighted by Crippen LogP contribution is -2.38. The molecule has 1 aromatic carbocycles. The van der Waals surface area contributed by atoms with Crippen LogP contribution >= 0.6 is 0 Å². The Bertz CT molecular complexity index is 732. The van der Waals surface area contributed by atoms with Gasteiger partial charge in [0.2, 0.25) is 17.6 Å². The summed E-state index contributed by atoms with van der Waals surface area (Å²) in [6, 6.07) is 6.46. The number of Topliss-reactive ketones (excluding diaryl/α,β-unsaturated/α-hetero) is 1. The number of nitrogens with zero attached hydrogens (tertiary/aromatic N) is 1. The number of likely N-dealkylation sites (tertiary alicyclic amines) is 1. The number of rotatable bonds is 6. The third-order valence-corrected chi connectivity index (χ3v) is 5.27. The quantitative estimate of drug-likeness (QED) is 0.430. The predicted molar refractivity (Wildman–Crippen MR) is 95.0 cm³/mol. The maximum atomic E-state index is 12.4. The highest BCUT2D eigenvalue weighted by atomic mass is 16.5. The highest BCUT2D eigenvalue weighted by Crippen LogP contribution is 2.37. The number of ketones is 1. The van der Waals surface area contributed by atoms with Gasteiger partial charge < -0.3 is 9.47 Å². The Hall–Kier alpha value is -2.70. The van der Waals surface area contributed by atoms with Crippen LogP contribution in [0.15, 0.2) is 24.3 Å². The van der Waals surface area contributed by atoms with Crippen molar-refractivity contribution in [2.24, 2.45) is 11.8 Å². The van der Waals surface area contributed by atoms with E-state index < -0.39 is 18.6 Å². The summed E-state index contributed by atoms with van der Waals surface area (Å²) in [7, 11) is 1.53. The average molecular weight is 373 g/mol. The van der Waals surface area contributed by atoms with Crippen molar-refractivity contribution in [1.29, 1.82) is 0 Å². The van der Waals surface area contributed by atoms with Gasteiger partial charge in [-0.2, -0.15) is 0 Å². The minimum Gasteiger partial charge on any atom is -0.497 e. The van der Waals surface area contributed by atoms with Gasteiger partial charge in [-0.05, 0) is 44.0 Å². The van der Waals surface area contributed by atoms with Crippen molar-refractivity contribution < 1.29 is 28.7 Å². The molecule has 0 radical (unpaired) electrons. The molecule has 0 spiro atoms. The van der Waals surface area contributed by atoms with E-state index in [1.165, 1.54) is 14.0 Å². The van der Waals surface area contributed by atoms with E-state index >= 15 is 0 Å². The van der Waals surface area contributed by atoms with E-state index in [-0.39, 0.29) is 29.4 Å². The minimum atomic E-state index is -1.01. The number of carbonyl (C=O) groups excluding carboxylic acids is 4. The SMILES string of the molecule is COc1ccc(C(=O)[C@H](C)OC(=O)CN2C(=O)[C@H]3CCCC[C@H]3C2=O)cc1. The van der Waals surface area contributed by atoms with Gasteiger partial charge in [0.25, 0.3) is 0 Å². The average Bonchev–Trinajstić information content (AvgIpc) is 2.92. The van der Waals surface area contributed by atoms with Gasteiger partial charge >= 0.3 is 5.97 Å². The number of benzene rings is 1. The molecular weight excluding hydrogens is 350 g/mol. The second-order valence-electron chi connectivity index (χ2n) is 6.98. The molecule has 2 fully saturated rings. The van der Waals surface area contributed by atoms with Gasteiger partial charge in [0.15, 0.2) is 6.10 Å². The van der Waals surface area contributed by atoms with E-state index in [0.29, 0.717) is 24.2 Å². The van der Waals surface area contributed by atoms with Crippen LogP contribution in [-0.2, 0) is 19.1 Å². The summed E-state index contributed by atoms with van der Waals surface area (Å²) < 4.78 is 10.2. The van der Waals surface area contributed by atoms with Crippen molar-refractivity contribution in [2.45, 2.75) is 38.7 Å². The number of methoxy groups -OCH3 is 1. The number of esters is 1. The highest BCUT2D eigenvalue weighted by Gasteiger charge is 2.48. The number of carbonyl (C=O) groups is 4. The van der Waals surface area contributed by atoms with Crippen LogP contribution in [0.5, 0.6) is 5.75 Å². The van der Waals surface area contributed by atoms with Gasteiger partial charge in [0, 0.05) is 5.56 Å². The zero-order valence-electron chi connectivity index (χ0n) is 15.5. The Kier molecular flexibility index (Phi) is 5.58. The van der Waals surface area contributed by atoms with Gasteiger partial charge in [-0.25, -0.2) is 0 Å². The molecule has 7 nitrogen and oxygen atoms in total. The summed E-state index contributed by atoms with van der Waals surface area (Å²) in [5, 5.41) is 0. The van der Waals surface area contributed by atoms with Gasteiger partial charge in [0.1, 0.15) is 12.3 Å². The molecule has 1 aromatic rings. The Balaban J connectivity index is 1.59. The van der Waals surface area contributed by atoms with Crippen molar-refractivity contribution in [1.82, 2.24) is 4.90 Å². The second-order valence-corrected chi connectivity index (χ2v) is 6.98. The lowest BCUT2D eigenvalue weighted by atomic mass is 9.81. The van der Waals surface area contributed by atoms with E-state index in [0.717, 1.165) is 17.7 Å². The number of fused-ring (bicyclic) bond motifs is 1. The van der Waals surface area contributed by atoms with Crippen LogP contribution in [0.4, 0.5) is 0 Å².